The van der Waals surface area contributed by atoms with E-state index in [-0.39, 0.29) is 23.9 Å². The Morgan fingerprint density at radius 3 is 2.36 bits per heavy atom. The normalized spacial score (nSPS) is 22.0. The largest absolute Gasteiger partial charge is 0.453 e. The van der Waals surface area contributed by atoms with E-state index in [0.29, 0.717) is 18.4 Å². The zero-order valence-electron chi connectivity index (χ0n) is 27.6. The lowest BCUT2D eigenvalue weighted by Crippen LogP contribution is -2.51. The van der Waals surface area contributed by atoms with Gasteiger partial charge in [0.15, 0.2) is 0 Å². The Labute approximate surface area is 274 Å². The number of amides is 2. The Morgan fingerprint density at radius 1 is 0.915 bits per heavy atom. The third kappa shape index (κ3) is 6.10. The molecule has 4 heterocycles. The fraction of sp³-hybridized carbons (Fsp3) is 0.405. The van der Waals surface area contributed by atoms with Crippen molar-refractivity contribution in [1.29, 1.82) is 0 Å². The first kappa shape index (κ1) is 30.9. The highest BCUT2D eigenvalue weighted by molar-refractivity contribution is 5.92. The van der Waals surface area contributed by atoms with Crippen molar-refractivity contribution in [2.24, 2.45) is 17.8 Å². The fourth-order valence-corrected chi connectivity index (χ4v) is 7.17. The monoisotopic (exact) mass is 633 g/mol. The van der Waals surface area contributed by atoms with Crippen LogP contribution in [0.15, 0.2) is 60.8 Å². The van der Waals surface area contributed by atoms with Gasteiger partial charge in [-0.05, 0) is 83.3 Å². The standard InChI is InChI=1S/C37H43N7O3/c1-20(2)33(43-37(46)47-5)36(45)44-19-22(4)13-32(44)35-39-18-31(42-35)27-9-8-23-14-24(6-7-25(23)15-27)26-10-11-28-29(16-26)41-34(40-28)30-12-21(3)17-38-30/h6-11,14-16,18,20-22,30,32-33,38H,12-13,17,19H2,1-5H3,(H,39,42)(H,40,41)(H,43,46)/t21-,22-,30-,32-,33-/m0/s1. The highest BCUT2D eigenvalue weighted by atomic mass is 16.5. The van der Waals surface area contributed by atoms with Crippen molar-refractivity contribution in [2.45, 2.75) is 58.7 Å². The van der Waals surface area contributed by atoms with Gasteiger partial charge in [-0.1, -0.05) is 58.0 Å². The van der Waals surface area contributed by atoms with E-state index in [1.807, 2.05) is 24.9 Å². The lowest BCUT2D eigenvalue weighted by Gasteiger charge is -2.30. The number of carbonyl (C=O) groups is 2. The smallest absolute Gasteiger partial charge is 0.407 e. The molecule has 0 aliphatic carbocycles. The number of hydrogen-bond acceptors (Lipinski definition) is 6. The van der Waals surface area contributed by atoms with Crippen LogP contribution in [-0.2, 0) is 9.53 Å². The molecule has 0 bridgehead atoms. The number of fused-ring (bicyclic) bond motifs is 2. The van der Waals surface area contributed by atoms with Crippen molar-refractivity contribution in [1.82, 2.24) is 35.5 Å². The highest BCUT2D eigenvalue weighted by Gasteiger charge is 2.40. The van der Waals surface area contributed by atoms with Gasteiger partial charge in [0.25, 0.3) is 0 Å². The lowest BCUT2D eigenvalue weighted by atomic mass is 9.99. The zero-order valence-corrected chi connectivity index (χ0v) is 27.6. The maximum atomic E-state index is 13.7. The van der Waals surface area contributed by atoms with E-state index in [1.54, 1.807) is 0 Å². The molecule has 2 amide bonds. The van der Waals surface area contributed by atoms with E-state index in [4.69, 9.17) is 14.7 Å². The number of methoxy groups -OCH3 is 1. The number of benzene rings is 3. The second-order valence-electron chi connectivity index (χ2n) is 13.8. The van der Waals surface area contributed by atoms with Crippen LogP contribution in [0.1, 0.15) is 64.3 Å². The minimum atomic E-state index is -0.674. The molecule has 7 rings (SSSR count). The van der Waals surface area contributed by atoms with Crippen LogP contribution in [0.4, 0.5) is 4.79 Å². The van der Waals surface area contributed by atoms with Gasteiger partial charge in [-0.25, -0.2) is 14.8 Å². The number of carbonyl (C=O) groups excluding carboxylic acids is 2. The zero-order chi connectivity index (χ0) is 32.8. The van der Waals surface area contributed by atoms with Gasteiger partial charge in [0.05, 0.1) is 42.1 Å². The van der Waals surface area contributed by atoms with E-state index in [9.17, 15) is 9.59 Å². The van der Waals surface area contributed by atoms with E-state index in [0.717, 1.165) is 75.2 Å². The predicted molar refractivity (Wildman–Crippen MR) is 184 cm³/mol. The van der Waals surface area contributed by atoms with Gasteiger partial charge in [0, 0.05) is 12.1 Å². The summed E-state index contributed by atoms with van der Waals surface area (Å²) in [5.74, 6) is 2.54. The molecule has 2 saturated heterocycles. The Bertz CT molecular complexity index is 1940. The van der Waals surface area contributed by atoms with Crippen molar-refractivity contribution in [3.63, 3.8) is 0 Å². The molecule has 5 aromatic rings. The van der Waals surface area contributed by atoms with Crippen molar-refractivity contribution in [3.8, 4) is 22.4 Å². The van der Waals surface area contributed by atoms with E-state index >= 15 is 0 Å². The number of alkyl carbamates (subject to hydrolysis) is 1. The topological polar surface area (TPSA) is 128 Å². The molecule has 2 fully saturated rings. The number of imidazole rings is 2. The number of H-pyrrole nitrogens is 2. The molecule has 10 heteroatoms. The fourth-order valence-electron chi connectivity index (χ4n) is 7.17. The summed E-state index contributed by atoms with van der Waals surface area (Å²) in [6, 6.07) is 18.8. The van der Waals surface area contributed by atoms with E-state index in [2.05, 4.69) is 89.0 Å². The summed E-state index contributed by atoms with van der Waals surface area (Å²) in [6.07, 6.45) is 3.14. The Hall–Kier alpha value is -4.70. The molecular weight excluding hydrogens is 590 g/mol. The maximum absolute atomic E-state index is 13.7. The lowest BCUT2D eigenvalue weighted by molar-refractivity contribution is -0.135. The number of rotatable bonds is 7. The summed E-state index contributed by atoms with van der Waals surface area (Å²) in [5, 5.41) is 8.58. The second kappa shape index (κ2) is 12.5. The van der Waals surface area contributed by atoms with Crippen LogP contribution < -0.4 is 10.6 Å². The summed E-state index contributed by atoms with van der Waals surface area (Å²) in [6.45, 7) is 9.89. The van der Waals surface area contributed by atoms with E-state index < -0.39 is 12.1 Å². The SMILES string of the molecule is COC(=O)N[C@H](C(=O)N1C[C@@H](C)C[C@H]1c1ncc(-c2ccc3cc(-c4ccc5nc([C@@H]6C[C@H](C)CN6)[nH]c5c4)ccc3c2)[nH]1)C(C)C. The molecule has 3 aromatic carbocycles. The summed E-state index contributed by atoms with van der Waals surface area (Å²) in [7, 11) is 1.31. The van der Waals surface area contributed by atoms with Gasteiger partial charge in [-0.2, -0.15) is 0 Å². The summed E-state index contributed by atoms with van der Waals surface area (Å²) >= 11 is 0. The van der Waals surface area contributed by atoms with Gasteiger partial charge < -0.3 is 30.2 Å². The third-order valence-electron chi connectivity index (χ3n) is 9.76. The predicted octanol–water partition coefficient (Wildman–Crippen LogP) is 6.73. The molecule has 4 N–H and O–H groups in total. The first-order chi connectivity index (χ1) is 22.7. The molecule has 0 spiro atoms. The highest BCUT2D eigenvalue weighted by Crippen LogP contribution is 2.36. The number of likely N-dealkylation sites (tertiary alicyclic amines) is 1. The number of nitrogens with one attached hydrogen (secondary N) is 4. The average Bonchev–Trinajstić information content (AvgIpc) is 3.88. The average molecular weight is 634 g/mol. The number of hydrogen-bond donors (Lipinski definition) is 4. The van der Waals surface area contributed by atoms with Crippen molar-refractivity contribution in [3.05, 3.63) is 72.4 Å². The molecule has 5 atom stereocenters. The minimum Gasteiger partial charge on any atom is -0.453 e. The van der Waals surface area contributed by atoms with Crippen LogP contribution >= 0.6 is 0 Å². The van der Waals surface area contributed by atoms with Gasteiger partial charge >= 0.3 is 6.09 Å². The van der Waals surface area contributed by atoms with Crippen LogP contribution in [0, 0.1) is 17.8 Å². The third-order valence-corrected chi connectivity index (χ3v) is 9.76. The Morgan fingerprint density at radius 2 is 1.64 bits per heavy atom. The minimum absolute atomic E-state index is 0.0900. The van der Waals surface area contributed by atoms with E-state index in [1.165, 1.54) is 7.11 Å². The van der Waals surface area contributed by atoms with Gasteiger partial charge in [0.1, 0.15) is 17.7 Å². The van der Waals surface area contributed by atoms with Gasteiger partial charge in [-0.15, -0.1) is 0 Å². The molecular formula is C37H43N7O3. The van der Waals surface area contributed by atoms with Crippen LogP contribution in [-0.4, -0.2) is 63.1 Å². The molecule has 0 saturated carbocycles. The van der Waals surface area contributed by atoms with Crippen LogP contribution in [0.5, 0.6) is 0 Å². The van der Waals surface area contributed by atoms with Crippen LogP contribution in [0.2, 0.25) is 0 Å². The van der Waals surface area contributed by atoms with Crippen molar-refractivity contribution in [2.75, 3.05) is 20.2 Å². The number of ether oxygens (including phenoxy) is 1. The number of aromatic amines is 2. The Kier molecular flexibility index (Phi) is 8.21. The molecule has 2 aromatic heterocycles. The second-order valence-corrected chi connectivity index (χ2v) is 13.8. The molecule has 10 nitrogen and oxygen atoms in total. The molecule has 0 radical (unpaired) electrons. The first-order valence-electron chi connectivity index (χ1n) is 16.6. The molecule has 2 aliphatic heterocycles. The van der Waals surface area contributed by atoms with Crippen LogP contribution in [0.25, 0.3) is 44.2 Å². The molecule has 244 valence electrons. The van der Waals surface area contributed by atoms with Crippen molar-refractivity contribution < 1.29 is 14.3 Å². The summed E-state index contributed by atoms with van der Waals surface area (Å²) < 4.78 is 4.78. The Balaban J connectivity index is 1.10. The van der Waals surface area contributed by atoms with Gasteiger partial charge in [-0.3, -0.25) is 4.79 Å². The molecule has 0 unspecified atom stereocenters. The van der Waals surface area contributed by atoms with Gasteiger partial charge in [0.2, 0.25) is 5.91 Å². The molecule has 2 aliphatic rings. The maximum Gasteiger partial charge on any atom is 0.407 e. The van der Waals surface area contributed by atoms with Crippen molar-refractivity contribution >= 4 is 33.8 Å². The quantitative estimate of drug-likeness (QED) is 0.157. The molecule has 47 heavy (non-hydrogen) atoms. The first-order valence-corrected chi connectivity index (χ1v) is 16.6. The van der Waals surface area contributed by atoms with Crippen LogP contribution in [0.3, 0.4) is 0 Å². The number of aromatic nitrogens is 4. The summed E-state index contributed by atoms with van der Waals surface area (Å²) in [4.78, 5) is 44.1. The number of nitrogens with zero attached hydrogens (tertiary/aromatic N) is 3. The summed E-state index contributed by atoms with van der Waals surface area (Å²) in [5.41, 5.74) is 6.28.